The number of rotatable bonds is 5. The quantitative estimate of drug-likeness (QED) is 0.789. The van der Waals surface area contributed by atoms with E-state index >= 15 is 0 Å². The maximum absolute atomic E-state index is 12.3. The zero-order valence-electron chi connectivity index (χ0n) is 11.9. The van der Waals surface area contributed by atoms with Gasteiger partial charge in [0.2, 0.25) is 5.78 Å². The summed E-state index contributed by atoms with van der Waals surface area (Å²) in [5.41, 5.74) is 1.12. The number of ketones is 1. The Hall–Kier alpha value is -2.80. The van der Waals surface area contributed by atoms with Crippen molar-refractivity contribution >= 4 is 5.78 Å². The van der Waals surface area contributed by atoms with Gasteiger partial charge in [-0.3, -0.25) is 4.79 Å². The molecule has 0 aliphatic heterocycles. The van der Waals surface area contributed by atoms with Crippen molar-refractivity contribution in [1.29, 1.82) is 5.26 Å². The first-order chi connectivity index (χ1) is 10.1. The molecule has 4 nitrogen and oxygen atoms in total. The number of hydrogen-bond acceptors (Lipinski definition) is 4. The molecule has 0 saturated heterocycles. The van der Waals surface area contributed by atoms with E-state index in [1.807, 2.05) is 6.07 Å². The van der Waals surface area contributed by atoms with Crippen LogP contribution in [0.1, 0.15) is 22.8 Å². The highest BCUT2D eigenvalue weighted by molar-refractivity contribution is 5.99. The molecule has 0 fully saturated rings. The average Bonchev–Trinajstić information content (AvgIpc) is 2.55. The highest BCUT2D eigenvalue weighted by Gasteiger charge is 2.16. The molecule has 0 aliphatic rings. The first-order valence-electron chi connectivity index (χ1n) is 6.49. The molecule has 0 saturated carbocycles. The summed E-state index contributed by atoms with van der Waals surface area (Å²) in [5, 5.41) is 8.73. The normalized spacial score (nSPS) is 11.3. The summed E-state index contributed by atoms with van der Waals surface area (Å²) in [5.74, 6) is 1.15. The molecule has 0 amide bonds. The maximum atomic E-state index is 12.3. The van der Waals surface area contributed by atoms with E-state index in [0.717, 1.165) is 0 Å². The summed E-state index contributed by atoms with van der Waals surface area (Å²) in [4.78, 5) is 12.3. The van der Waals surface area contributed by atoms with Crippen molar-refractivity contribution in [2.75, 3.05) is 7.11 Å². The second-order valence-corrected chi connectivity index (χ2v) is 4.49. The Balaban J connectivity index is 2.05. The molecule has 0 N–H and O–H groups in total. The van der Waals surface area contributed by atoms with Crippen LogP contribution in [0.4, 0.5) is 0 Å². The molecule has 1 atom stereocenters. The standard InChI is InChI=1S/C17H15NO3/c1-12(21-16-7-3-13(11-18)4-8-16)17(19)14-5-9-15(20-2)10-6-14/h3-10,12H,1-2H3. The predicted molar refractivity (Wildman–Crippen MR) is 78.6 cm³/mol. The molecular weight excluding hydrogens is 266 g/mol. The SMILES string of the molecule is COc1ccc(C(=O)C(C)Oc2ccc(C#N)cc2)cc1. The van der Waals surface area contributed by atoms with Gasteiger partial charge in [0.15, 0.2) is 6.10 Å². The van der Waals surface area contributed by atoms with Gasteiger partial charge in [0, 0.05) is 5.56 Å². The monoisotopic (exact) mass is 281 g/mol. The number of hydrogen-bond donors (Lipinski definition) is 0. The number of Topliss-reactive ketones (excluding diaryl/α,β-unsaturated/α-hetero) is 1. The first kappa shape index (κ1) is 14.6. The van der Waals surface area contributed by atoms with Crippen LogP contribution in [0, 0.1) is 11.3 Å². The number of nitriles is 1. The summed E-state index contributed by atoms with van der Waals surface area (Å²) in [6.07, 6.45) is -0.605. The van der Waals surface area contributed by atoms with Crippen molar-refractivity contribution in [3.8, 4) is 17.6 Å². The maximum Gasteiger partial charge on any atom is 0.202 e. The van der Waals surface area contributed by atoms with Crippen LogP contribution >= 0.6 is 0 Å². The summed E-state index contributed by atoms with van der Waals surface area (Å²) < 4.78 is 10.7. The van der Waals surface area contributed by atoms with E-state index < -0.39 is 6.10 Å². The number of methoxy groups -OCH3 is 1. The average molecular weight is 281 g/mol. The van der Waals surface area contributed by atoms with Crippen molar-refractivity contribution in [3.05, 3.63) is 59.7 Å². The lowest BCUT2D eigenvalue weighted by atomic mass is 10.1. The van der Waals surface area contributed by atoms with Gasteiger partial charge in [0.25, 0.3) is 0 Å². The third kappa shape index (κ3) is 3.61. The second kappa shape index (κ2) is 6.58. The molecule has 0 spiro atoms. The smallest absolute Gasteiger partial charge is 0.202 e. The number of carbonyl (C=O) groups excluding carboxylic acids is 1. The minimum atomic E-state index is -0.605. The lowest BCUT2D eigenvalue weighted by Gasteiger charge is -2.14. The molecule has 4 heteroatoms. The van der Waals surface area contributed by atoms with Crippen LogP contribution in [0.3, 0.4) is 0 Å². The minimum absolute atomic E-state index is 0.109. The Labute approximate surface area is 123 Å². The molecule has 2 aromatic carbocycles. The third-order valence-electron chi connectivity index (χ3n) is 3.04. The van der Waals surface area contributed by atoms with Gasteiger partial charge in [-0.25, -0.2) is 0 Å². The number of nitrogens with zero attached hydrogens (tertiary/aromatic N) is 1. The van der Waals surface area contributed by atoms with Crippen LogP contribution in [-0.2, 0) is 0 Å². The fourth-order valence-corrected chi connectivity index (χ4v) is 1.86. The number of ether oxygens (including phenoxy) is 2. The molecule has 0 aliphatic carbocycles. The molecule has 21 heavy (non-hydrogen) atoms. The van der Waals surface area contributed by atoms with E-state index in [-0.39, 0.29) is 5.78 Å². The summed E-state index contributed by atoms with van der Waals surface area (Å²) in [6.45, 7) is 1.70. The van der Waals surface area contributed by atoms with Gasteiger partial charge in [0.05, 0.1) is 18.7 Å². The molecule has 2 aromatic rings. The van der Waals surface area contributed by atoms with Crippen molar-refractivity contribution in [2.45, 2.75) is 13.0 Å². The first-order valence-corrected chi connectivity index (χ1v) is 6.49. The Morgan fingerprint density at radius 1 is 1.05 bits per heavy atom. The summed E-state index contributed by atoms with van der Waals surface area (Å²) >= 11 is 0. The van der Waals surface area contributed by atoms with Gasteiger partial charge in [0.1, 0.15) is 11.5 Å². The third-order valence-corrected chi connectivity index (χ3v) is 3.04. The molecule has 2 rings (SSSR count). The second-order valence-electron chi connectivity index (χ2n) is 4.49. The van der Waals surface area contributed by atoms with E-state index in [2.05, 4.69) is 0 Å². The molecule has 0 heterocycles. The fourth-order valence-electron chi connectivity index (χ4n) is 1.86. The van der Waals surface area contributed by atoms with E-state index in [4.69, 9.17) is 14.7 Å². The van der Waals surface area contributed by atoms with Crippen molar-refractivity contribution in [3.63, 3.8) is 0 Å². The van der Waals surface area contributed by atoms with E-state index in [9.17, 15) is 4.79 Å². The van der Waals surface area contributed by atoms with Crippen LogP contribution in [0.15, 0.2) is 48.5 Å². The van der Waals surface area contributed by atoms with Gasteiger partial charge in [-0.1, -0.05) is 0 Å². The molecule has 0 aromatic heterocycles. The van der Waals surface area contributed by atoms with Crippen LogP contribution in [0.25, 0.3) is 0 Å². The highest BCUT2D eigenvalue weighted by atomic mass is 16.5. The number of carbonyl (C=O) groups is 1. The topological polar surface area (TPSA) is 59.3 Å². The van der Waals surface area contributed by atoms with Crippen molar-refractivity contribution in [2.24, 2.45) is 0 Å². The van der Waals surface area contributed by atoms with Crippen LogP contribution < -0.4 is 9.47 Å². The van der Waals surface area contributed by atoms with Gasteiger partial charge in [-0.15, -0.1) is 0 Å². The Morgan fingerprint density at radius 2 is 1.62 bits per heavy atom. The minimum Gasteiger partial charge on any atom is -0.497 e. The van der Waals surface area contributed by atoms with E-state index in [1.54, 1.807) is 62.6 Å². The lowest BCUT2D eigenvalue weighted by Crippen LogP contribution is -2.23. The summed E-state index contributed by atoms with van der Waals surface area (Å²) in [6, 6.07) is 15.6. The predicted octanol–water partition coefficient (Wildman–Crippen LogP) is 3.22. The molecule has 0 bridgehead atoms. The Bertz CT molecular complexity index is 654. The fraction of sp³-hybridized carbons (Fsp3) is 0.176. The Morgan fingerprint density at radius 3 is 2.14 bits per heavy atom. The van der Waals surface area contributed by atoms with E-state index in [1.165, 1.54) is 0 Å². The zero-order chi connectivity index (χ0) is 15.2. The molecule has 106 valence electrons. The van der Waals surface area contributed by atoms with Crippen molar-refractivity contribution in [1.82, 2.24) is 0 Å². The zero-order valence-corrected chi connectivity index (χ0v) is 11.9. The lowest BCUT2D eigenvalue weighted by molar-refractivity contribution is 0.0818. The van der Waals surface area contributed by atoms with Gasteiger partial charge in [-0.2, -0.15) is 5.26 Å². The largest absolute Gasteiger partial charge is 0.497 e. The van der Waals surface area contributed by atoms with Crippen molar-refractivity contribution < 1.29 is 14.3 Å². The molecule has 1 unspecified atom stereocenters. The number of benzene rings is 2. The Kier molecular flexibility index (Phi) is 4.57. The van der Waals surface area contributed by atoms with Crippen LogP contribution in [0.2, 0.25) is 0 Å². The summed E-state index contributed by atoms with van der Waals surface area (Å²) in [7, 11) is 1.58. The van der Waals surface area contributed by atoms with Gasteiger partial charge < -0.3 is 9.47 Å². The van der Waals surface area contributed by atoms with E-state index in [0.29, 0.717) is 22.6 Å². The highest BCUT2D eigenvalue weighted by Crippen LogP contribution is 2.17. The van der Waals surface area contributed by atoms with Crippen LogP contribution in [0.5, 0.6) is 11.5 Å². The molecule has 0 radical (unpaired) electrons. The van der Waals surface area contributed by atoms with Crippen LogP contribution in [-0.4, -0.2) is 19.0 Å². The van der Waals surface area contributed by atoms with Gasteiger partial charge in [-0.05, 0) is 55.5 Å². The van der Waals surface area contributed by atoms with Gasteiger partial charge >= 0.3 is 0 Å². The molecular formula is C17H15NO3.